The average Bonchev–Trinajstić information content (AvgIpc) is 2.86. The van der Waals surface area contributed by atoms with E-state index in [1.165, 1.54) is 12.1 Å². The van der Waals surface area contributed by atoms with Gasteiger partial charge in [-0.3, -0.25) is 4.57 Å². The van der Waals surface area contributed by atoms with Crippen molar-refractivity contribution in [1.29, 1.82) is 0 Å². The predicted molar refractivity (Wildman–Crippen MR) is 60.7 cm³/mol. The standard InChI is InChI=1S/C11H9ClFN3O/c12-7-2-1-6(5-8(7)13)9-3-4-10-14-15-11(17)16(9)10/h1-2,5,9H,3-4H2,(H,15,17). The molecule has 1 N–H and O–H groups in total. The van der Waals surface area contributed by atoms with Crippen LogP contribution in [0.5, 0.6) is 0 Å². The summed E-state index contributed by atoms with van der Waals surface area (Å²) in [6, 6.07) is 4.48. The second-order valence-electron chi connectivity index (χ2n) is 4.04. The first-order valence-corrected chi connectivity index (χ1v) is 5.65. The molecule has 1 aromatic carbocycles. The van der Waals surface area contributed by atoms with Crippen LogP contribution in [0.2, 0.25) is 5.02 Å². The van der Waals surface area contributed by atoms with E-state index in [0.717, 1.165) is 17.8 Å². The molecule has 1 atom stereocenters. The van der Waals surface area contributed by atoms with Gasteiger partial charge in [-0.25, -0.2) is 14.3 Å². The van der Waals surface area contributed by atoms with Crippen LogP contribution >= 0.6 is 11.6 Å². The van der Waals surface area contributed by atoms with Gasteiger partial charge in [0.25, 0.3) is 0 Å². The highest BCUT2D eigenvalue weighted by molar-refractivity contribution is 6.30. The fraction of sp³-hybridized carbons (Fsp3) is 0.273. The van der Waals surface area contributed by atoms with Crippen molar-refractivity contribution in [2.75, 3.05) is 0 Å². The number of aromatic nitrogens is 3. The lowest BCUT2D eigenvalue weighted by Gasteiger charge is -2.12. The number of rotatable bonds is 1. The van der Waals surface area contributed by atoms with Crippen molar-refractivity contribution < 1.29 is 4.39 Å². The molecule has 6 heteroatoms. The Hall–Kier alpha value is -1.62. The SMILES string of the molecule is O=c1[nH]nc2n1C(c1ccc(Cl)c(F)c1)CC2. The fourth-order valence-electron chi connectivity index (χ4n) is 2.27. The van der Waals surface area contributed by atoms with Crippen LogP contribution in [0.3, 0.4) is 0 Å². The van der Waals surface area contributed by atoms with E-state index >= 15 is 0 Å². The summed E-state index contributed by atoms with van der Waals surface area (Å²) in [5.41, 5.74) is 0.493. The van der Waals surface area contributed by atoms with Gasteiger partial charge >= 0.3 is 5.69 Å². The molecule has 17 heavy (non-hydrogen) atoms. The van der Waals surface area contributed by atoms with Crippen LogP contribution in [0, 0.1) is 5.82 Å². The molecule has 1 aliphatic rings. The van der Waals surface area contributed by atoms with Gasteiger partial charge in [-0.1, -0.05) is 17.7 Å². The van der Waals surface area contributed by atoms with Crippen LogP contribution in [-0.4, -0.2) is 14.8 Å². The number of aryl methyl sites for hydroxylation is 1. The molecule has 88 valence electrons. The van der Waals surface area contributed by atoms with E-state index in [1.54, 1.807) is 10.6 Å². The number of benzene rings is 1. The zero-order valence-electron chi connectivity index (χ0n) is 8.78. The van der Waals surface area contributed by atoms with Crippen LogP contribution in [0.1, 0.15) is 23.9 Å². The topological polar surface area (TPSA) is 50.7 Å². The van der Waals surface area contributed by atoms with Crippen molar-refractivity contribution in [1.82, 2.24) is 14.8 Å². The van der Waals surface area contributed by atoms with Crippen LogP contribution < -0.4 is 5.69 Å². The second kappa shape index (κ2) is 3.70. The van der Waals surface area contributed by atoms with Crippen LogP contribution in [0.4, 0.5) is 4.39 Å². The molecule has 0 saturated carbocycles. The van der Waals surface area contributed by atoms with Crippen molar-refractivity contribution in [3.05, 3.63) is 50.9 Å². The first kappa shape index (κ1) is 10.5. The van der Waals surface area contributed by atoms with Crippen molar-refractivity contribution in [2.45, 2.75) is 18.9 Å². The zero-order chi connectivity index (χ0) is 12.0. The van der Waals surface area contributed by atoms with Gasteiger partial charge in [0.05, 0.1) is 11.1 Å². The monoisotopic (exact) mass is 253 g/mol. The van der Waals surface area contributed by atoms with E-state index in [1.807, 2.05) is 0 Å². The number of H-pyrrole nitrogens is 1. The number of halogens is 2. The smallest absolute Gasteiger partial charge is 0.271 e. The van der Waals surface area contributed by atoms with Crippen LogP contribution in [0.15, 0.2) is 23.0 Å². The molecule has 0 bridgehead atoms. The fourth-order valence-corrected chi connectivity index (χ4v) is 2.38. The van der Waals surface area contributed by atoms with Gasteiger partial charge in [0.1, 0.15) is 11.6 Å². The summed E-state index contributed by atoms with van der Waals surface area (Å²) < 4.78 is 15.0. The highest BCUT2D eigenvalue weighted by atomic mass is 35.5. The Kier molecular flexibility index (Phi) is 2.29. The molecule has 1 aliphatic heterocycles. The van der Waals surface area contributed by atoms with E-state index in [0.29, 0.717) is 6.42 Å². The van der Waals surface area contributed by atoms with Crippen molar-refractivity contribution in [3.63, 3.8) is 0 Å². The Morgan fingerprint density at radius 1 is 1.53 bits per heavy atom. The quantitative estimate of drug-likeness (QED) is 0.844. The second-order valence-corrected chi connectivity index (χ2v) is 4.45. The van der Waals surface area contributed by atoms with Gasteiger partial charge < -0.3 is 0 Å². The molecule has 0 amide bonds. The minimum absolute atomic E-state index is 0.0894. The van der Waals surface area contributed by atoms with Gasteiger partial charge in [0.2, 0.25) is 0 Å². The molecule has 0 spiro atoms. The number of nitrogens with zero attached hydrogens (tertiary/aromatic N) is 2. The summed E-state index contributed by atoms with van der Waals surface area (Å²) in [6.45, 7) is 0. The predicted octanol–water partition coefficient (Wildman–Crippen LogP) is 1.90. The number of hydrogen-bond acceptors (Lipinski definition) is 2. The van der Waals surface area contributed by atoms with Crippen LogP contribution in [-0.2, 0) is 6.42 Å². The van der Waals surface area contributed by atoms with Gasteiger partial charge in [0, 0.05) is 6.42 Å². The third-order valence-corrected chi connectivity index (χ3v) is 3.37. The summed E-state index contributed by atoms with van der Waals surface area (Å²) in [5.74, 6) is 0.254. The van der Waals surface area contributed by atoms with Gasteiger partial charge in [0.15, 0.2) is 0 Å². The maximum absolute atomic E-state index is 13.4. The first-order valence-electron chi connectivity index (χ1n) is 5.27. The third-order valence-electron chi connectivity index (χ3n) is 3.06. The minimum atomic E-state index is -0.464. The molecule has 2 heterocycles. The Morgan fingerprint density at radius 2 is 2.35 bits per heavy atom. The zero-order valence-corrected chi connectivity index (χ0v) is 9.54. The number of fused-ring (bicyclic) bond motifs is 1. The van der Waals surface area contributed by atoms with Crippen molar-refractivity contribution in [2.24, 2.45) is 0 Å². The molecule has 0 radical (unpaired) electrons. The van der Waals surface area contributed by atoms with E-state index in [-0.39, 0.29) is 16.8 Å². The first-order chi connectivity index (χ1) is 8.16. The van der Waals surface area contributed by atoms with E-state index in [4.69, 9.17) is 11.6 Å². The summed E-state index contributed by atoms with van der Waals surface area (Å²) in [6.07, 6.45) is 1.47. The Balaban J connectivity index is 2.09. The van der Waals surface area contributed by atoms with Gasteiger partial charge in [-0.15, -0.1) is 0 Å². The molecular weight excluding hydrogens is 245 g/mol. The number of hydrogen-bond donors (Lipinski definition) is 1. The molecular formula is C11H9ClFN3O. The van der Waals surface area contributed by atoms with E-state index in [2.05, 4.69) is 10.2 Å². The Morgan fingerprint density at radius 3 is 3.12 bits per heavy atom. The molecule has 1 unspecified atom stereocenters. The molecule has 0 fully saturated rings. The third kappa shape index (κ3) is 1.58. The number of aromatic amines is 1. The maximum Gasteiger partial charge on any atom is 0.343 e. The molecule has 0 saturated heterocycles. The lowest BCUT2D eigenvalue weighted by Crippen LogP contribution is -2.20. The van der Waals surface area contributed by atoms with Gasteiger partial charge in [-0.2, -0.15) is 5.10 Å². The van der Waals surface area contributed by atoms with E-state index in [9.17, 15) is 9.18 Å². The number of nitrogens with one attached hydrogen (secondary N) is 1. The summed E-state index contributed by atoms with van der Waals surface area (Å²) in [7, 11) is 0. The lowest BCUT2D eigenvalue weighted by atomic mass is 10.0. The lowest BCUT2D eigenvalue weighted by molar-refractivity contribution is 0.582. The maximum atomic E-state index is 13.4. The Bertz CT molecular complexity index is 634. The highest BCUT2D eigenvalue weighted by Gasteiger charge is 2.27. The molecule has 4 nitrogen and oxygen atoms in total. The largest absolute Gasteiger partial charge is 0.343 e. The molecule has 2 aromatic rings. The highest BCUT2D eigenvalue weighted by Crippen LogP contribution is 2.30. The normalized spacial score (nSPS) is 18.4. The van der Waals surface area contributed by atoms with Gasteiger partial charge in [-0.05, 0) is 24.1 Å². The molecule has 1 aromatic heterocycles. The van der Waals surface area contributed by atoms with Crippen molar-refractivity contribution >= 4 is 11.6 Å². The summed E-state index contributed by atoms with van der Waals surface area (Å²) >= 11 is 5.64. The Labute approximate surface area is 101 Å². The minimum Gasteiger partial charge on any atom is -0.271 e. The van der Waals surface area contributed by atoms with Crippen molar-refractivity contribution in [3.8, 4) is 0 Å². The van der Waals surface area contributed by atoms with E-state index < -0.39 is 5.82 Å². The molecule has 3 rings (SSSR count). The average molecular weight is 254 g/mol. The van der Waals surface area contributed by atoms with Crippen LogP contribution in [0.25, 0.3) is 0 Å². The summed E-state index contributed by atoms with van der Waals surface area (Å²) in [4.78, 5) is 11.6. The molecule has 0 aliphatic carbocycles. The summed E-state index contributed by atoms with van der Waals surface area (Å²) in [5, 5.41) is 6.41.